The molecule has 1 saturated heterocycles. The van der Waals surface area contributed by atoms with Crippen LogP contribution in [-0.2, 0) is 10.3 Å². The average molecular weight is 338 g/mol. The van der Waals surface area contributed by atoms with Crippen molar-refractivity contribution >= 4 is 11.9 Å². The first-order valence-corrected chi connectivity index (χ1v) is 8.31. The molecule has 1 N–H and O–H groups in total. The van der Waals surface area contributed by atoms with Crippen molar-refractivity contribution in [2.75, 3.05) is 13.2 Å². The second-order valence-electron chi connectivity index (χ2n) is 6.54. The molecule has 2 aromatic rings. The zero-order chi connectivity index (χ0) is 18.0. The lowest BCUT2D eigenvalue weighted by atomic mass is 9.91. The van der Waals surface area contributed by atoms with E-state index in [1.807, 2.05) is 62.4 Å². The summed E-state index contributed by atoms with van der Waals surface area (Å²) in [5, 5.41) is 2.81. The van der Waals surface area contributed by atoms with Gasteiger partial charge < -0.3 is 10.1 Å². The van der Waals surface area contributed by atoms with Gasteiger partial charge in [0, 0.05) is 0 Å². The van der Waals surface area contributed by atoms with E-state index in [0.717, 1.165) is 22.4 Å². The molecule has 0 aromatic heterocycles. The van der Waals surface area contributed by atoms with E-state index < -0.39 is 5.54 Å². The van der Waals surface area contributed by atoms with Gasteiger partial charge in [0.1, 0.15) is 17.9 Å². The fourth-order valence-electron chi connectivity index (χ4n) is 2.94. The molecule has 5 heteroatoms. The molecule has 1 aliphatic rings. The summed E-state index contributed by atoms with van der Waals surface area (Å²) >= 11 is 0. The van der Waals surface area contributed by atoms with Gasteiger partial charge in [-0.15, -0.1) is 0 Å². The fraction of sp³-hybridized carbons (Fsp3) is 0.300. The lowest BCUT2D eigenvalue weighted by Crippen LogP contribution is -2.41. The number of hydrogen-bond acceptors (Lipinski definition) is 3. The van der Waals surface area contributed by atoms with Crippen molar-refractivity contribution in [2.45, 2.75) is 26.3 Å². The lowest BCUT2D eigenvalue weighted by Gasteiger charge is -2.22. The summed E-state index contributed by atoms with van der Waals surface area (Å²) in [4.78, 5) is 26.3. The van der Waals surface area contributed by atoms with E-state index in [4.69, 9.17) is 4.74 Å². The largest absolute Gasteiger partial charge is 0.492 e. The number of hydrogen-bond donors (Lipinski definition) is 1. The van der Waals surface area contributed by atoms with E-state index in [-0.39, 0.29) is 25.1 Å². The summed E-state index contributed by atoms with van der Waals surface area (Å²) in [6.07, 6.45) is 0. The normalized spacial score (nSPS) is 19.9. The lowest BCUT2D eigenvalue weighted by molar-refractivity contribution is -0.131. The van der Waals surface area contributed by atoms with Crippen LogP contribution in [0.25, 0.3) is 0 Å². The van der Waals surface area contributed by atoms with Crippen LogP contribution in [0.1, 0.15) is 23.6 Å². The third kappa shape index (κ3) is 3.36. The smallest absolute Gasteiger partial charge is 0.325 e. The number of nitrogens with zero attached hydrogens (tertiary/aromatic N) is 1. The Labute approximate surface area is 147 Å². The maximum absolute atomic E-state index is 12.8. The number of nitrogens with one attached hydrogen (secondary N) is 1. The monoisotopic (exact) mass is 338 g/mol. The second-order valence-corrected chi connectivity index (χ2v) is 6.54. The van der Waals surface area contributed by atoms with Crippen LogP contribution in [0, 0.1) is 13.8 Å². The summed E-state index contributed by atoms with van der Waals surface area (Å²) in [6.45, 7) is 6.17. The predicted octanol–water partition coefficient (Wildman–Crippen LogP) is 3.15. The van der Waals surface area contributed by atoms with Crippen LogP contribution in [0.3, 0.4) is 0 Å². The molecule has 5 nitrogen and oxygen atoms in total. The van der Waals surface area contributed by atoms with Gasteiger partial charge in [0.15, 0.2) is 0 Å². The molecular formula is C20H22N2O3. The minimum Gasteiger partial charge on any atom is -0.492 e. The van der Waals surface area contributed by atoms with E-state index >= 15 is 0 Å². The van der Waals surface area contributed by atoms with Crippen LogP contribution in [-0.4, -0.2) is 30.0 Å². The summed E-state index contributed by atoms with van der Waals surface area (Å²) in [5.74, 6) is 0.475. The number of amides is 3. The molecule has 1 heterocycles. The highest BCUT2D eigenvalue weighted by molar-refractivity contribution is 6.07. The number of rotatable bonds is 5. The van der Waals surface area contributed by atoms with Crippen LogP contribution in [0.2, 0.25) is 0 Å². The van der Waals surface area contributed by atoms with Gasteiger partial charge in [-0.2, -0.15) is 0 Å². The second kappa shape index (κ2) is 6.59. The molecule has 0 aliphatic carbocycles. The zero-order valence-electron chi connectivity index (χ0n) is 14.7. The number of carbonyl (C=O) groups is 2. The first-order valence-electron chi connectivity index (χ1n) is 8.31. The minimum atomic E-state index is -1.03. The van der Waals surface area contributed by atoms with Gasteiger partial charge in [-0.25, -0.2) is 4.79 Å². The standard InChI is InChI=1S/C20H22N2O3/c1-14-7-9-16(10-8-14)20(3)18(23)22(19(24)21-20)11-12-25-17-6-4-5-15(2)13-17/h4-10,13H,11-12H2,1-3H3,(H,21,24)/t20-/m1/s1. The van der Waals surface area contributed by atoms with E-state index in [1.165, 1.54) is 4.90 Å². The van der Waals surface area contributed by atoms with E-state index in [2.05, 4.69) is 5.32 Å². The molecule has 25 heavy (non-hydrogen) atoms. The summed E-state index contributed by atoms with van der Waals surface area (Å²) < 4.78 is 5.66. The Hall–Kier alpha value is -2.82. The van der Waals surface area contributed by atoms with E-state index in [1.54, 1.807) is 6.92 Å². The Morgan fingerprint density at radius 1 is 1.04 bits per heavy atom. The third-order valence-corrected chi connectivity index (χ3v) is 4.48. The van der Waals surface area contributed by atoms with Gasteiger partial charge >= 0.3 is 6.03 Å². The van der Waals surface area contributed by atoms with Crippen molar-refractivity contribution in [3.63, 3.8) is 0 Å². The zero-order valence-corrected chi connectivity index (χ0v) is 14.7. The first-order chi connectivity index (χ1) is 11.9. The van der Waals surface area contributed by atoms with E-state index in [0.29, 0.717) is 0 Å². The van der Waals surface area contributed by atoms with Crippen molar-refractivity contribution in [1.82, 2.24) is 10.2 Å². The van der Waals surface area contributed by atoms with Crippen LogP contribution in [0.15, 0.2) is 48.5 Å². The summed E-state index contributed by atoms with van der Waals surface area (Å²) in [7, 11) is 0. The number of benzene rings is 2. The Balaban J connectivity index is 1.68. The molecule has 1 atom stereocenters. The quantitative estimate of drug-likeness (QED) is 0.852. The van der Waals surface area contributed by atoms with Gasteiger partial charge in [0.25, 0.3) is 5.91 Å². The molecule has 3 amide bonds. The molecule has 2 aromatic carbocycles. The SMILES string of the molecule is Cc1ccc([C@@]2(C)NC(=O)N(CCOc3cccc(C)c3)C2=O)cc1. The van der Waals surface area contributed by atoms with Gasteiger partial charge in [-0.1, -0.05) is 42.0 Å². The molecule has 0 unspecified atom stereocenters. The number of urea groups is 1. The van der Waals surface area contributed by atoms with Crippen LogP contribution in [0.5, 0.6) is 5.75 Å². The molecule has 0 bridgehead atoms. The maximum atomic E-state index is 12.8. The van der Waals surface area contributed by atoms with Crippen molar-refractivity contribution in [3.05, 3.63) is 65.2 Å². The Bertz CT molecular complexity index is 801. The molecule has 1 aliphatic heterocycles. The summed E-state index contributed by atoms with van der Waals surface area (Å²) in [6, 6.07) is 14.9. The highest BCUT2D eigenvalue weighted by Crippen LogP contribution is 2.28. The van der Waals surface area contributed by atoms with Gasteiger partial charge in [0.2, 0.25) is 0 Å². The molecule has 1 fully saturated rings. The number of aryl methyl sites for hydroxylation is 2. The fourth-order valence-corrected chi connectivity index (χ4v) is 2.94. The molecule has 130 valence electrons. The third-order valence-electron chi connectivity index (χ3n) is 4.48. The first kappa shape index (κ1) is 17.0. The highest BCUT2D eigenvalue weighted by Gasteiger charge is 2.48. The van der Waals surface area contributed by atoms with Crippen molar-refractivity contribution < 1.29 is 14.3 Å². The van der Waals surface area contributed by atoms with Crippen molar-refractivity contribution in [3.8, 4) is 5.75 Å². The van der Waals surface area contributed by atoms with Crippen LogP contribution < -0.4 is 10.1 Å². The average Bonchev–Trinajstić information content (AvgIpc) is 2.79. The molecule has 3 rings (SSSR count). The Morgan fingerprint density at radius 2 is 1.76 bits per heavy atom. The number of imide groups is 1. The Kier molecular flexibility index (Phi) is 4.49. The molecule has 0 radical (unpaired) electrons. The molecule has 0 saturated carbocycles. The van der Waals surface area contributed by atoms with Gasteiger partial charge in [-0.05, 0) is 44.0 Å². The van der Waals surface area contributed by atoms with E-state index in [9.17, 15) is 9.59 Å². The van der Waals surface area contributed by atoms with Crippen molar-refractivity contribution in [2.24, 2.45) is 0 Å². The van der Waals surface area contributed by atoms with Crippen LogP contribution in [0.4, 0.5) is 4.79 Å². The number of ether oxygens (including phenoxy) is 1. The predicted molar refractivity (Wildman–Crippen MR) is 95.4 cm³/mol. The van der Waals surface area contributed by atoms with Crippen molar-refractivity contribution in [1.29, 1.82) is 0 Å². The van der Waals surface area contributed by atoms with Gasteiger partial charge in [-0.3, -0.25) is 9.69 Å². The Morgan fingerprint density at radius 3 is 2.44 bits per heavy atom. The summed E-state index contributed by atoms with van der Waals surface area (Å²) in [5.41, 5.74) is 1.94. The minimum absolute atomic E-state index is 0.208. The van der Waals surface area contributed by atoms with Gasteiger partial charge in [0.05, 0.1) is 6.54 Å². The maximum Gasteiger partial charge on any atom is 0.325 e. The molecular weight excluding hydrogens is 316 g/mol. The number of carbonyl (C=O) groups excluding carboxylic acids is 2. The topological polar surface area (TPSA) is 58.6 Å². The molecule has 0 spiro atoms. The highest BCUT2D eigenvalue weighted by atomic mass is 16.5. The van der Waals surface area contributed by atoms with Crippen LogP contribution >= 0.6 is 0 Å².